The number of phenolic OH excluding ortho intramolecular Hbond substituents is 2. The fourth-order valence-electron chi connectivity index (χ4n) is 1.37. The number of methoxy groups -OCH3 is 1. The zero-order valence-electron chi connectivity index (χ0n) is 9.09. The van der Waals surface area contributed by atoms with Crippen molar-refractivity contribution < 1.29 is 29.7 Å². The smallest absolute Gasteiger partial charge is 0.367 e. The molecule has 0 bridgehead atoms. The van der Waals surface area contributed by atoms with Gasteiger partial charge in [0.05, 0.1) is 21.9 Å². The number of ether oxygens (including phenoxy) is 1. The van der Waals surface area contributed by atoms with Crippen molar-refractivity contribution in [3.05, 3.63) is 30.3 Å². The number of nitrogens with zero attached hydrogens (tertiary/aromatic N) is 3. The van der Waals surface area contributed by atoms with Crippen molar-refractivity contribution >= 4 is 17.1 Å². The van der Waals surface area contributed by atoms with E-state index in [0.29, 0.717) is 0 Å². The van der Waals surface area contributed by atoms with Crippen LogP contribution in [0.2, 0.25) is 0 Å². The first-order valence-corrected chi connectivity index (χ1v) is 4.33. The molecular formula is C7H5N3O9. The second kappa shape index (κ2) is 4.59. The van der Waals surface area contributed by atoms with Crippen molar-refractivity contribution in [3.8, 4) is 17.2 Å². The van der Waals surface area contributed by atoms with Crippen LogP contribution in [0.25, 0.3) is 0 Å². The van der Waals surface area contributed by atoms with Crippen LogP contribution < -0.4 is 4.74 Å². The van der Waals surface area contributed by atoms with Gasteiger partial charge in [0, 0.05) is 0 Å². The van der Waals surface area contributed by atoms with Gasteiger partial charge in [0.25, 0.3) is 17.2 Å². The summed E-state index contributed by atoms with van der Waals surface area (Å²) in [5, 5.41) is 50.8. The van der Waals surface area contributed by atoms with E-state index in [1.54, 1.807) is 0 Å². The molecule has 1 aromatic carbocycles. The molecule has 1 rings (SSSR count). The van der Waals surface area contributed by atoms with Gasteiger partial charge in [-0.3, -0.25) is 30.3 Å². The fraction of sp³-hybridized carbons (Fsp3) is 0.143. The van der Waals surface area contributed by atoms with Crippen LogP contribution in [0.4, 0.5) is 17.1 Å². The Hall–Kier alpha value is -3.18. The molecule has 0 heterocycles. The highest BCUT2D eigenvalue weighted by Gasteiger charge is 2.43. The predicted molar refractivity (Wildman–Crippen MR) is 56.3 cm³/mol. The zero-order chi connectivity index (χ0) is 14.9. The second-order valence-electron chi connectivity index (χ2n) is 3.05. The Balaban J connectivity index is 3.99. The Bertz CT molecular complexity index is 555. The number of nitro benzene ring substituents is 3. The first kappa shape index (κ1) is 13.9. The van der Waals surface area contributed by atoms with Crippen molar-refractivity contribution in [1.82, 2.24) is 0 Å². The number of benzene rings is 1. The van der Waals surface area contributed by atoms with Crippen LogP contribution in [0.5, 0.6) is 17.2 Å². The molecule has 19 heavy (non-hydrogen) atoms. The van der Waals surface area contributed by atoms with Crippen LogP contribution in [0.3, 0.4) is 0 Å². The topological polar surface area (TPSA) is 179 Å². The highest BCUT2D eigenvalue weighted by Crippen LogP contribution is 2.55. The number of hydrogen-bond acceptors (Lipinski definition) is 9. The van der Waals surface area contributed by atoms with E-state index in [1.165, 1.54) is 0 Å². The van der Waals surface area contributed by atoms with Crippen molar-refractivity contribution in [2.45, 2.75) is 0 Å². The number of hydrogen-bond donors (Lipinski definition) is 2. The largest absolute Gasteiger partial charge is 0.497 e. The molecule has 0 amide bonds. The summed E-state index contributed by atoms with van der Waals surface area (Å²) < 4.78 is 4.37. The van der Waals surface area contributed by atoms with E-state index in [9.17, 15) is 40.6 Å². The predicted octanol–water partition coefficient (Wildman–Crippen LogP) is 0.831. The third-order valence-corrected chi connectivity index (χ3v) is 2.08. The Morgan fingerprint density at radius 1 is 0.842 bits per heavy atom. The molecule has 0 radical (unpaired) electrons. The molecule has 0 aliphatic heterocycles. The molecular weight excluding hydrogens is 270 g/mol. The lowest BCUT2D eigenvalue weighted by Gasteiger charge is -2.06. The summed E-state index contributed by atoms with van der Waals surface area (Å²) in [6.07, 6.45) is 0. The highest BCUT2D eigenvalue weighted by atomic mass is 16.6. The Morgan fingerprint density at radius 2 is 1.16 bits per heavy atom. The maximum absolute atomic E-state index is 10.7. The molecule has 0 spiro atoms. The first-order chi connectivity index (χ1) is 8.73. The van der Waals surface area contributed by atoms with Crippen molar-refractivity contribution in [3.63, 3.8) is 0 Å². The highest BCUT2D eigenvalue weighted by molar-refractivity contribution is 5.81. The molecule has 0 aromatic heterocycles. The molecule has 102 valence electrons. The summed E-state index contributed by atoms with van der Waals surface area (Å²) in [5.41, 5.74) is -4.29. The van der Waals surface area contributed by atoms with Crippen LogP contribution in [-0.2, 0) is 0 Å². The van der Waals surface area contributed by atoms with E-state index in [2.05, 4.69) is 4.74 Å². The van der Waals surface area contributed by atoms with Crippen LogP contribution in [0.15, 0.2) is 0 Å². The van der Waals surface area contributed by atoms with Crippen LogP contribution in [0, 0.1) is 30.3 Å². The fourth-order valence-corrected chi connectivity index (χ4v) is 1.37. The first-order valence-electron chi connectivity index (χ1n) is 4.33. The summed E-state index contributed by atoms with van der Waals surface area (Å²) >= 11 is 0. The van der Waals surface area contributed by atoms with E-state index < -0.39 is 49.1 Å². The van der Waals surface area contributed by atoms with Gasteiger partial charge in [-0.05, 0) is 0 Å². The Labute approximate surface area is 102 Å². The molecule has 0 saturated carbocycles. The van der Waals surface area contributed by atoms with Gasteiger partial charge in [0.1, 0.15) is 0 Å². The van der Waals surface area contributed by atoms with E-state index in [1.807, 2.05) is 0 Å². The van der Waals surface area contributed by atoms with Gasteiger partial charge >= 0.3 is 17.1 Å². The molecule has 12 heteroatoms. The average molecular weight is 275 g/mol. The monoisotopic (exact) mass is 275 g/mol. The minimum atomic E-state index is -1.54. The van der Waals surface area contributed by atoms with Gasteiger partial charge < -0.3 is 14.9 Å². The van der Waals surface area contributed by atoms with Crippen LogP contribution >= 0.6 is 0 Å². The Kier molecular flexibility index (Phi) is 3.36. The van der Waals surface area contributed by atoms with Crippen molar-refractivity contribution in [1.29, 1.82) is 0 Å². The summed E-state index contributed by atoms with van der Waals surface area (Å²) in [7, 11) is 0.806. The van der Waals surface area contributed by atoms with E-state index in [-0.39, 0.29) is 0 Å². The van der Waals surface area contributed by atoms with Gasteiger partial charge in [0.2, 0.25) is 0 Å². The quantitative estimate of drug-likeness (QED) is 0.593. The van der Waals surface area contributed by atoms with E-state index in [4.69, 9.17) is 0 Å². The van der Waals surface area contributed by atoms with Gasteiger partial charge in [-0.1, -0.05) is 0 Å². The van der Waals surface area contributed by atoms with Crippen molar-refractivity contribution in [2.24, 2.45) is 0 Å². The maximum atomic E-state index is 10.7. The van der Waals surface area contributed by atoms with Crippen LogP contribution in [-0.4, -0.2) is 32.1 Å². The average Bonchev–Trinajstić information content (AvgIpc) is 2.25. The summed E-state index contributed by atoms with van der Waals surface area (Å²) in [6.45, 7) is 0. The number of phenols is 2. The molecule has 12 nitrogen and oxygen atoms in total. The molecule has 0 unspecified atom stereocenters. The van der Waals surface area contributed by atoms with Gasteiger partial charge in [0.15, 0.2) is 0 Å². The molecule has 0 saturated heterocycles. The van der Waals surface area contributed by atoms with Gasteiger partial charge in [-0.15, -0.1) is 0 Å². The third kappa shape index (κ3) is 2.01. The standard InChI is InChI=1S/C7H5N3O9/c1-19-7-3(9(15)16)5(11)2(8(13)14)6(12)4(7)10(17)18/h11-12H,1H3. The molecule has 1 aromatic rings. The molecule has 0 aliphatic rings. The van der Waals surface area contributed by atoms with Crippen LogP contribution in [0.1, 0.15) is 0 Å². The Morgan fingerprint density at radius 3 is 1.37 bits per heavy atom. The van der Waals surface area contributed by atoms with Gasteiger partial charge in [-0.25, -0.2) is 0 Å². The summed E-state index contributed by atoms with van der Waals surface area (Å²) in [5.74, 6) is -4.15. The SMILES string of the molecule is COc1c([N+](=O)[O-])c(O)c([N+](=O)[O-])c(O)c1[N+](=O)[O-]. The minimum Gasteiger partial charge on any atom is -0.497 e. The number of rotatable bonds is 4. The minimum absolute atomic E-state index is 0.806. The summed E-state index contributed by atoms with van der Waals surface area (Å²) in [4.78, 5) is 28.0. The molecule has 0 atom stereocenters. The lowest BCUT2D eigenvalue weighted by molar-refractivity contribution is -0.407. The zero-order valence-corrected chi connectivity index (χ0v) is 9.09. The van der Waals surface area contributed by atoms with E-state index >= 15 is 0 Å². The lowest BCUT2D eigenvalue weighted by Crippen LogP contribution is -2.02. The van der Waals surface area contributed by atoms with Crippen molar-refractivity contribution in [2.75, 3.05) is 7.11 Å². The van der Waals surface area contributed by atoms with E-state index in [0.717, 1.165) is 7.11 Å². The second-order valence-corrected chi connectivity index (χ2v) is 3.05. The number of aromatic hydroxyl groups is 2. The molecule has 0 aliphatic carbocycles. The third-order valence-electron chi connectivity index (χ3n) is 2.08. The molecule has 2 N–H and O–H groups in total. The maximum Gasteiger partial charge on any atom is 0.367 e. The lowest BCUT2D eigenvalue weighted by atomic mass is 10.2. The summed E-state index contributed by atoms with van der Waals surface area (Å²) in [6, 6.07) is 0. The molecule has 0 fully saturated rings. The normalized spacial score (nSPS) is 9.95. The number of nitro groups is 3. The van der Waals surface area contributed by atoms with Gasteiger partial charge in [-0.2, -0.15) is 0 Å².